The fourth-order valence-corrected chi connectivity index (χ4v) is 6.31. The molecule has 41 heavy (non-hydrogen) atoms. The lowest BCUT2D eigenvalue weighted by Gasteiger charge is -2.31. The van der Waals surface area contributed by atoms with E-state index in [1.165, 1.54) is 35.7 Å². The minimum absolute atomic E-state index is 0.0505. The monoisotopic (exact) mass is 630 g/mol. The van der Waals surface area contributed by atoms with E-state index in [1.54, 1.807) is 17.3 Å². The van der Waals surface area contributed by atoms with Crippen molar-refractivity contribution in [2.75, 3.05) is 23.7 Å². The first-order valence-electron chi connectivity index (χ1n) is 12.7. The number of thiophene rings is 1. The van der Waals surface area contributed by atoms with E-state index in [2.05, 4.69) is 27.0 Å². The standard InChI is InChI=1S/C28H26Cl3FN8S/c29-16-7-25(41-14-16)28(24(34)13-40(35)19-3-5-36-6-4-19)39-18-8-20-26(38-17-1-2-23(32)21(30)9-17)15(11-33)12-37-27(20)22(31)10-18/h1-2,7-10,12-14,19,28,36,39H,3-6,34-35H2,(H,37,38)/b24-13-/t28-/m1/s1. The summed E-state index contributed by atoms with van der Waals surface area (Å²) in [6.45, 7) is 1.78. The van der Waals surface area contributed by atoms with Gasteiger partial charge in [-0.1, -0.05) is 34.8 Å². The van der Waals surface area contributed by atoms with Crippen LogP contribution in [0, 0.1) is 17.1 Å². The number of piperidine rings is 1. The largest absolute Gasteiger partial charge is 0.399 e. The third-order valence-corrected chi connectivity index (χ3v) is 8.70. The van der Waals surface area contributed by atoms with E-state index in [0.29, 0.717) is 43.7 Å². The molecule has 1 fully saturated rings. The van der Waals surface area contributed by atoms with Gasteiger partial charge >= 0.3 is 0 Å². The lowest BCUT2D eigenvalue weighted by atomic mass is 10.1. The van der Waals surface area contributed by atoms with Gasteiger partial charge in [-0.3, -0.25) is 4.98 Å². The van der Waals surface area contributed by atoms with Crippen LogP contribution in [0.5, 0.6) is 0 Å². The highest BCUT2D eigenvalue weighted by Crippen LogP contribution is 2.38. The van der Waals surface area contributed by atoms with Crippen molar-refractivity contribution in [1.29, 1.82) is 5.26 Å². The molecular weight excluding hydrogens is 606 g/mol. The average molecular weight is 632 g/mol. The van der Waals surface area contributed by atoms with E-state index in [9.17, 15) is 9.65 Å². The van der Waals surface area contributed by atoms with Crippen molar-refractivity contribution >= 4 is 74.1 Å². The first kappa shape index (κ1) is 29.2. The molecule has 0 bridgehead atoms. The van der Waals surface area contributed by atoms with Crippen LogP contribution in [0.4, 0.5) is 21.5 Å². The molecule has 0 radical (unpaired) electrons. The summed E-state index contributed by atoms with van der Waals surface area (Å²) >= 11 is 20.4. The Morgan fingerprint density at radius 3 is 2.61 bits per heavy atom. The van der Waals surface area contributed by atoms with Crippen LogP contribution in [0.1, 0.15) is 29.3 Å². The maximum absolute atomic E-state index is 13.8. The minimum Gasteiger partial charge on any atom is -0.399 e. The fourth-order valence-electron chi connectivity index (χ4n) is 4.70. The Balaban J connectivity index is 1.54. The second-order valence-electron chi connectivity index (χ2n) is 9.57. The van der Waals surface area contributed by atoms with Gasteiger partial charge < -0.3 is 26.7 Å². The van der Waals surface area contributed by atoms with Crippen molar-refractivity contribution in [3.05, 3.63) is 91.2 Å². The molecule has 5 rings (SSSR count). The summed E-state index contributed by atoms with van der Waals surface area (Å²) in [6, 6.07) is 11.5. The van der Waals surface area contributed by atoms with Crippen molar-refractivity contribution < 1.29 is 4.39 Å². The van der Waals surface area contributed by atoms with E-state index in [1.807, 2.05) is 17.5 Å². The number of pyridine rings is 1. The molecule has 1 saturated heterocycles. The molecule has 0 spiro atoms. The molecule has 0 unspecified atom stereocenters. The summed E-state index contributed by atoms with van der Waals surface area (Å²) in [5.41, 5.74) is 9.45. The number of benzene rings is 2. The van der Waals surface area contributed by atoms with Crippen LogP contribution < -0.4 is 27.5 Å². The molecule has 1 atom stereocenters. The Labute approximate surface area is 255 Å². The maximum atomic E-state index is 13.8. The Kier molecular flexibility index (Phi) is 9.04. The molecule has 212 valence electrons. The average Bonchev–Trinajstić information content (AvgIpc) is 3.40. The Morgan fingerprint density at radius 2 is 1.93 bits per heavy atom. The smallest absolute Gasteiger partial charge is 0.141 e. The van der Waals surface area contributed by atoms with Gasteiger partial charge in [0.15, 0.2) is 0 Å². The fraction of sp³-hybridized carbons (Fsp3) is 0.214. The number of aromatic nitrogens is 1. The van der Waals surface area contributed by atoms with Gasteiger partial charge in [0.1, 0.15) is 17.9 Å². The van der Waals surface area contributed by atoms with Crippen LogP contribution in [0.15, 0.2) is 59.9 Å². The van der Waals surface area contributed by atoms with E-state index in [4.69, 9.17) is 46.4 Å². The van der Waals surface area contributed by atoms with Crippen LogP contribution in [0.2, 0.25) is 15.1 Å². The van der Waals surface area contributed by atoms with Crippen LogP contribution in [-0.2, 0) is 0 Å². The number of nitrogens with zero attached hydrogens (tertiary/aromatic N) is 3. The SMILES string of the molecule is N#Cc1cnc2c(Cl)cc(N[C@H](/C(N)=C/N(N)C3CCNCC3)c3cc(Cl)cs3)cc2c1Nc1ccc(F)c(Cl)c1. The van der Waals surface area contributed by atoms with Gasteiger partial charge in [0, 0.05) is 45.5 Å². The van der Waals surface area contributed by atoms with Crippen LogP contribution in [-0.4, -0.2) is 29.1 Å². The summed E-state index contributed by atoms with van der Waals surface area (Å²) in [5.74, 6) is 5.86. The number of nitrogens with two attached hydrogens (primary N) is 2. The molecule has 7 N–H and O–H groups in total. The predicted molar refractivity (Wildman–Crippen MR) is 166 cm³/mol. The van der Waals surface area contributed by atoms with Crippen LogP contribution >= 0.6 is 46.1 Å². The summed E-state index contributed by atoms with van der Waals surface area (Å²) in [4.78, 5) is 5.28. The number of hydrogen-bond acceptors (Lipinski definition) is 9. The van der Waals surface area contributed by atoms with Crippen molar-refractivity contribution in [2.45, 2.75) is 24.9 Å². The van der Waals surface area contributed by atoms with E-state index in [-0.39, 0.29) is 16.6 Å². The first-order chi connectivity index (χ1) is 19.7. The molecule has 4 aromatic rings. The molecule has 0 saturated carbocycles. The number of hydrogen-bond donors (Lipinski definition) is 5. The zero-order valence-electron chi connectivity index (χ0n) is 21.6. The molecular formula is C28H26Cl3FN8S. The third-order valence-electron chi connectivity index (χ3n) is 6.78. The van der Waals surface area contributed by atoms with Gasteiger partial charge in [0.25, 0.3) is 0 Å². The Morgan fingerprint density at radius 1 is 1.17 bits per heavy atom. The third kappa shape index (κ3) is 6.62. The van der Waals surface area contributed by atoms with E-state index >= 15 is 0 Å². The molecule has 1 aliphatic heterocycles. The van der Waals surface area contributed by atoms with Gasteiger partial charge in [0.05, 0.1) is 37.5 Å². The Bertz CT molecular complexity index is 1650. The topological polar surface area (TPSA) is 128 Å². The minimum atomic E-state index is -0.548. The predicted octanol–water partition coefficient (Wildman–Crippen LogP) is 6.89. The first-order valence-corrected chi connectivity index (χ1v) is 14.7. The van der Waals surface area contributed by atoms with Gasteiger partial charge in [-0.2, -0.15) is 5.26 Å². The molecule has 2 aromatic carbocycles. The number of rotatable bonds is 8. The molecule has 8 nitrogen and oxygen atoms in total. The van der Waals surface area contributed by atoms with Crippen molar-refractivity contribution in [1.82, 2.24) is 15.3 Å². The van der Waals surface area contributed by atoms with Crippen LogP contribution in [0.25, 0.3) is 10.9 Å². The second kappa shape index (κ2) is 12.7. The highest BCUT2D eigenvalue weighted by Gasteiger charge is 2.22. The quantitative estimate of drug-likeness (QED) is 0.105. The lowest BCUT2D eigenvalue weighted by Crippen LogP contribution is -2.44. The molecule has 3 heterocycles. The van der Waals surface area contributed by atoms with Crippen molar-refractivity contribution in [3.63, 3.8) is 0 Å². The van der Waals surface area contributed by atoms with Crippen molar-refractivity contribution in [2.24, 2.45) is 11.6 Å². The molecule has 0 amide bonds. The molecule has 0 aliphatic carbocycles. The Hall–Kier alpha value is -3.30. The molecule has 2 aromatic heterocycles. The summed E-state index contributed by atoms with van der Waals surface area (Å²) in [6.07, 6.45) is 5.01. The molecule has 13 heteroatoms. The highest BCUT2D eigenvalue weighted by atomic mass is 35.5. The number of nitriles is 1. The number of halogens is 4. The van der Waals surface area contributed by atoms with Gasteiger partial charge in [-0.05, 0) is 62.3 Å². The number of fused-ring (bicyclic) bond motifs is 1. The second-order valence-corrected chi connectivity index (χ2v) is 11.8. The van der Waals surface area contributed by atoms with E-state index in [0.717, 1.165) is 30.8 Å². The maximum Gasteiger partial charge on any atom is 0.141 e. The van der Waals surface area contributed by atoms with Gasteiger partial charge in [-0.15, -0.1) is 11.3 Å². The summed E-state index contributed by atoms with van der Waals surface area (Å²) in [7, 11) is 0. The van der Waals surface area contributed by atoms with Crippen LogP contribution in [0.3, 0.4) is 0 Å². The number of hydrazine groups is 1. The number of nitrogens with one attached hydrogen (secondary N) is 3. The summed E-state index contributed by atoms with van der Waals surface area (Å²) in [5, 5.41) is 24.8. The van der Waals surface area contributed by atoms with Crippen molar-refractivity contribution in [3.8, 4) is 6.07 Å². The lowest BCUT2D eigenvalue weighted by molar-refractivity contribution is 0.228. The van der Waals surface area contributed by atoms with E-state index < -0.39 is 11.9 Å². The zero-order chi connectivity index (χ0) is 29.1. The zero-order valence-corrected chi connectivity index (χ0v) is 24.7. The number of anilines is 3. The highest BCUT2D eigenvalue weighted by molar-refractivity contribution is 7.10. The molecule has 1 aliphatic rings. The normalized spacial score (nSPS) is 15.0. The van der Waals surface area contributed by atoms with Gasteiger partial charge in [0.2, 0.25) is 0 Å². The summed E-state index contributed by atoms with van der Waals surface area (Å²) < 4.78 is 13.8. The van der Waals surface area contributed by atoms with Gasteiger partial charge in [-0.25, -0.2) is 10.2 Å².